The van der Waals surface area contributed by atoms with Gasteiger partial charge < -0.3 is 9.80 Å². The zero-order valence-corrected chi connectivity index (χ0v) is 18.2. The van der Waals surface area contributed by atoms with E-state index in [9.17, 15) is 4.79 Å². The van der Waals surface area contributed by atoms with Gasteiger partial charge in [-0.2, -0.15) is 4.37 Å². The minimum Gasteiger partial charge on any atom is -0.344 e. The molecule has 6 heteroatoms. The van der Waals surface area contributed by atoms with E-state index in [0.717, 1.165) is 49.7 Å². The first kappa shape index (κ1) is 20.8. The molecule has 28 heavy (non-hydrogen) atoms. The van der Waals surface area contributed by atoms with Gasteiger partial charge in [0.1, 0.15) is 5.82 Å². The van der Waals surface area contributed by atoms with Crippen LogP contribution in [0.1, 0.15) is 62.9 Å². The van der Waals surface area contributed by atoms with Crippen molar-refractivity contribution in [3.8, 4) is 0 Å². The van der Waals surface area contributed by atoms with Gasteiger partial charge in [0.25, 0.3) is 0 Å². The molecule has 0 aliphatic carbocycles. The third-order valence-electron chi connectivity index (χ3n) is 5.58. The SMILES string of the molecule is CC[C@H](C)N(CCC(=O)N1CCCCC1)c1nc(Cc2ccc(C)cc2)ns1. The van der Waals surface area contributed by atoms with Gasteiger partial charge in [-0.3, -0.25) is 4.79 Å². The third kappa shape index (κ3) is 5.53. The van der Waals surface area contributed by atoms with Gasteiger partial charge in [-0.05, 0) is 45.1 Å². The molecule has 2 aromatic rings. The highest BCUT2D eigenvalue weighted by Crippen LogP contribution is 2.23. The molecule has 0 bridgehead atoms. The number of rotatable bonds is 8. The van der Waals surface area contributed by atoms with Gasteiger partial charge in [0.05, 0.1) is 0 Å². The molecule has 0 N–H and O–H groups in total. The van der Waals surface area contributed by atoms with Crippen LogP contribution in [0, 0.1) is 6.92 Å². The minimum absolute atomic E-state index is 0.275. The van der Waals surface area contributed by atoms with Crippen molar-refractivity contribution in [3.05, 3.63) is 41.2 Å². The molecule has 2 heterocycles. The van der Waals surface area contributed by atoms with Gasteiger partial charge in [0, 0.05) is 50.1 Å². The summed E-state index contributed by atoms with van der Waals surface area (Å²) in [6.07, 6.45) is 5.84. The number of anilines is 1. The van der Waals surface area contributed by atoms with Crippen LogP contribution in [0.2, 0.25) is 0 Å². The van der Waals surface area contributed by atoms with Crippen LogP contribution < -0.4 is 4.90 Å². The average Bonchev–Trinajstić information content (AvgIpc) is 3.18. The van der Waals surface area contributed by atoms with E-state index in [-0.39, 0.29) is 5.91 Å². The molecular weight excluding hydrogens is 368 g/mol. The molecule has 0 spiro atoms. The molecule has 1 aromatic carbocycles. The molecule has 152 valence electrons. The summed E-state index contributed by atoms with van der Waals surface area (Å²) < 4.78 is 4.58. The second-order valence-corrected chi connectivity index (χ2v) is 8.53. The van der Waals surface area contributed by atoms with Crippen molar-refractivity contribution >= 4 is 22.6 Å². The van der Waals surface area contributed by atoms with E-state index in [2.05, 4.69) is 54.3 Å². The van der Waals surface area contributed by atoms with Crippen LogP contribution in [0.15, 0.2) is 24.3 Å². The van der Waals surface area contributed by atoms with E-state index in [0.29, 0.717) is 19.0 Å². The quantitative estimate of drug-likeness (QED) is 0.657. The summed E-state index contributed by atoms with van der Waals surface area (Å²) in [4.78, 5) is 21.7. The normalized spacial score (nSPS) is 15.5. The average molecular weight is 401 g/mol. The lowest BCUT2D eigenvalue weighted by Crippen LogP contribution is -2.40. The Morgan fingerprint density at radius 2 is 1.93 bits per heavy atom. The molecule has 0 unspecified atom stereocenters. The third-order valence-corrected chi connectivity index (χ3v) is 6.38. The summed E-state index contributed by atoms with van der Waals surface area (Å²) in [7, 11) is 0. The van der Waals surface area contributed by atoms with E-state index in [4.69, 9.17) is 4.98 Å². The van der Waals surface area contributed by atoms with E-state index in [1.165, 1.54) is 29.1 Å². The Balaban J connectivity index is 1.63. The number of nitrogens with zero attached hydrogens (tertiary/aromatic N) is 4. The van der Waals surface area contributed by atoms with Crippen LogP contribution >= 0.6 is 11.5 Å². The largest absolute Gasteiger partial charge is 0.344 e. The summed E-state index contributed by atoms with van der Waals surface area (Å²) in [6.45, 7) is 9.02. The van der Waals surface area contributed by atoms with Crippen LogP contribution in [-0.4, -0.2) is 45.8 Å². The highest BCUT2D eigenvalue weighted by atomic mass is 32.1. The van der Waals surface area contributed by atoms with Gasteiger partial charge in [-0.25, -0.2) is 4.98 Å². The van der Waals surface area contributed by atoms with Crippen LogP contribution in [0.5, 0.6) is 0 Å². The molecule has 3 rings (SSSR count). The molecule has 5 nitrogen and oxygen atoms in total. The van der Waals surface area contributed by atoms with E-state index in [1.54, 1.807) is 0 Å². The molecule has 1 fully saturated rings. The Bertz CT molecular complexity index is 752. The number of piperidine rings is 1. The molecular formula is C22H32N4OS. The number of aryl methyl sites for hydroxylation is 1. The first-order chi connectivity index (χ1) is 13.6. The summed E-state index contributed by atoms with van der Waals surface area (Å²) in [5, 5.41) is 0.933. The number of carbonyl (C=O) groups excluding carboxylic acids is 1. The van der Waals surface area contributed by atoms with Gasteiger partial charge in [0.2, 0.25) is 11.0 Å². The molecule has 1 atom stereocenters. The Kier molecular flexibility index (Phi) is 7.43. The maximum atomic E-state index is 12.6. The van der Waals surface area contributed by atoms with Gasteiger partial charge >= 0.3 is 0 Å². The number of amides is 1. The maximum absolute atomic E-state index is 12.6. The first-order valence-electron chi connectivity index (χ1n) is 10.5. The number of carbonyl (C=O) groups is 1. The van der Waals surface area contributed by atoms with Crippen LogP contribution in [-0.2, 0) is 11.2 Å². The topological polar surface area (TPSA) is 49.3 Å². The van der Waals surface area contributed by atoms with E-state index < -0.39 is 0 Å². The van der Waals surface area contributed by atoms with Crippen molar-refractivity contribution in [1.82, 2.24) is 14.3 Å². The van der Waals surface area contributed by atoms with Crippen molar-refractivity contribution in [3.63, 3.8) is 0 Å². The fraction of sp³-hybridized carbons (Fsp3) is 0.591. The molecule has 1 aliphatic rings. The molecule has 0 radical (unpaired) electrons. The molecule has 1 saturated heterocycles. The van der Waals surface area contributed by atoms with Gasteiger partial charge in [0.15, 0.2) is 0 Å². The predicted octanol–water partition coefficient (Wildman–Crippen LogP) is 4.44. The Morgan fingerprint density at radius 1 is 1.21 bits per heavy atom. The lowest BCUT2D eigenvalue weighted by atomic mass is 10.1. The number of hydrogen-bond acceptors (Lipinski definition) is 5. The first-order valence-corrected chi connectivity index (χ1v) is 11.3. The zero-order valence-electron chi connectivity index (χ0n) is 17.4. The van der Waals surface area contributed by atoms with Crippen molar-refractivity contribution in [2.24, 2.45) is 0 Å². The van der Waals surface area contributed by atoms with Crippen LogP contribution in [0.25, 0.3) is 0 Å². The fourth-order valence-electron chi connectivity index (χ4n) is 3.56. The van der Waals surface area contributed by atoms with E-state index >= 15 is 0 Å². The lowest BCUT2D eigenvalue weighted by molar-refractivity contribution is -0.131. The van der Waals surface area contributed by atoms with Gasteiger partial charge in [-0.1, -0.05) is 36.8 Å². The fourth-order valence-corrected chi connectivity index (χ4v) is 4.38. The summed E-state index contributed by atoms with van der Waals surface area (Å²) in [5.74, 6) is 1.14. The van der Waals surface area contributed by atoms with Gasteiger partial charge in [-0.15, -0.1) is 0 Å². The second-order valence-electron chi connectivity index (χ2n) is 7.80. The summed E-state index contributed by atoms with van der Waals surface area (Å²) in [5.41, 5.74) is 2.49. The number of benzene rings is 1. The highest BCUT2D eigenvalue weighted by molar-refractivity contribution is 7.09. The second kappa shape index (κ2) is 10.0. The van der Waals surface area contributed by atoms with Crippen molar-refractivity contribution in [2.75, 3.05) is 24.5 Å². The smallest absolute Gasteiger partial charge is 0.224 e. The van der Waals surface area contributed by atoms with Crippen molar-refractivity contribution in [1.29, 1.82) is 0 Å². The summed E-state index contributed by atoms with van der Waals surface area (Å²) >= 11 is 1.45. The Hall–Kier alpha value is -1.95. The number of hydrogen-bond donors (Lipinski definition) is 0. The minimum atomic E-state index is 0.275. The molecule has 1 aromatic heterocycles. The number of aromatic nitrogens is 2. The van der Waals surface area contributed by atoms with Crippen molar-refractivity contribution < 1.29 is 4.79 Å². The van der Waals surface area contributed by atoms with E-state index in [1.807, 2.05) is 4.90 Å². The predicted molar refractivity (Wildman–Crippen MR) is 116 cm³/mol. The molecule has 1 amide bonds. The lowest BCUT2D eigenvalue weighted by Gasteiger charge is -2.30. The maximum Gasteiger partial charge on any atom is 0.224 e. The standard InChI is InChI=1S/C22H32N4OS/c1-4-18(3)26(15-12-21(27)25-13-6-5-7-14-25)22-23-20(24-28-22)16-19-10-8-17(2)9-11-19/h8-11,18H,4-7,12-16H2,1-3H3/t18-/m0/s1. The highest BCUT2D eigenvalue weighted by Gasteiger charge is 2.21. The Labute approximate surface area is 172 Å². The summed E-state index contributed by atoms with van der Waals surface area (Å²) in [6, 6.07) is 8.87. The molecule has 1 aliphatic heterocycles. The van der Waals surface area contributed by atoms with Crippen LogP contribution in [0.4, 0.5) is 5.13 Å². The van der Waals surface area contributed by atoms with Crippen molar-refractivity contribution in [2.45, 2.75) is 65.3 Å². The Morgan fingerprint density at radius 3 is 2.61 bits per heavy atom. The molecule has 0 saturated carbocycles. The zero-order chi connectivity index (χ0) is 19.9. The monoisotopic (exact) mass is 400 g/mol. The van der Waals surface area contributed by atoms with Crippen LogP contribution in [0.3, 0.4) is 0 Å². The number of likely N-dealkylation sites (tertiary alicyclic amines) is 1.